The van der Waals surface area contributed by atoms with Gasteiger partial charge in [-0.1, -0.05) is 188 Å². The number of hydrogen-bond acceptors (Lipinski definition) is 2. The first-order chi connectivity index (χ1) is 29.3. The van der Waals surface area contributed by atoms with Crippen molar-refractivity contribution in [2.24, 2.45) is 0 Å². The number of benzene rings is 10. The Morgan fingerprint density at radius 1 is 0.356 bits per heavy atom. The molecule has 0 saturated carbocycles. The topological polar surface area (TPSA) is 3.24 Å². The molecule has 0 bridgehead atoms. The van der Waals surface area contributed by atoms with Gasteiger partial charge in [-0.3, -0.25) is 0 Å². The van der Waals surface area contributed by atoms with Crippen LogP contribution in [0.15, 0.2) is 224 Å². The van der Waals surface area contributed by atoms with Gasteiger partial charge in [0.1, 0.15) is 0 Å². The molecule has 1 heterocycles. The number of rotatable bonds is 6. The molecular weight excluding hydrogens is 731 g/mol. The highest BCUT2D eigenvalue weighted by Gasteiger charge is 2.45. The molecule has 1 aliphatic carbocycles. The summed E-state index contributed by atoms with van der Waals surface area (Å²) in [5.41, 5.74) is 13.1. The lowest BCUT2D eigenvalue weighted by Gasteiger charge is -2.34. The zero-order chi connectivity index (χ0) is 38.9. The summed E-state index contributed by atoms with van der Waals surface area (Å²) in [4.78, 5) is 2.47. The van der Waals surface area contributed by atoms with Crippen LogP contribution in [0, 0.1) is 0 Å². The average molecular weight is 768 g/mol. The van der Waals surface area contributed by atoms with Gasteiger partial charge in [-0.2, -0.15) is 0 Å². The van der Waals surface area contributed by atoms with Crippen LogP contribution in [0.3, 0.4) is 0 Å². The fourth-order valence-corrected chi connectivity index (χ4v) is 11.2. The maximum atomic E-state index is 2.47. The molecule has 2 heteroatoms. The molecule has 0 fully saturated rings. The van der Waals surface area contributed by atoms with Crippen molar-refractivity contribution < 1.29 is 0 Å². The molecule has 0 radical (unpaired) electrons. The Hall–Kier alpha value is -7.26. The summed E-state index contributed by atoms with van der Waals surface area (Å²) in [5.74, 6) is 0. The molecule has 0 N–H and O–H groups in total. The van der Waals surface area contributed by atoms with Crippen LogP contribution < -0.4 is 4.90 Å². The number of thiophene rings is 1. The SMILES string of the molecule is c1ccc(C2(c3ccc(N(c4cccc(-c5cccc6c5ccc5ccccc56)c4)c4cccc5c4sc4ccccc45)cc3)c3ccccc3-c3ccccc32)cc1. The molecule has 12 rings (SSSR count). The Balaban J connectivity index is 1.07. The lowest BCUT2D eigenvalue weighted by atomic mass is 9.68. The van der Waals surface area contributed by atoms with Crippen molar-refractivity contribution in [2.45, 2.75) is 5.41 Å². The van der Waals surface area contributed by atoms with Crippen molar-refractivity contribution >= 4 is 70.1 Å². The molecule has 10 aromatic carbocycles. The summed E-state index contributed by atoms with van der Waals surface area (Å²) in [6.45, 7) is 0. The second-order valence-electron chi connectivity index (χ2n) is 15.6. The third-order valence-electron chi connectivity index (χ3n) is 12.5. The quantitative estimate of drug-likeness (QED) is 0.152. The molecule has 1 aromatic heterocycles. The first-order valence-electron chi connectivity index (χ1n) is 20.3. The Morgan fingerprint density at radius 3 is 1.78 bits per heavy atom. The summed E-state index contributed by atoms with van der Waals surface area (Å²) in [6, 6.07) is 83.1. The fraction of sp³-hybridized carbons (Fsp3) is 0.0175. The molecule has 0 unspecified atom stereocenters. The van der Waals surface area contributed by atoms with Gasteiger partial charge < -0.3 is 4.90 Å². The molecule has 276 valence electrons. The van der Waals surface area contributed by atoms with E-state index >= 15 is 0 Å². The predicted molar refractivity (Wildman–Crippen MR) is 252 cm³/mol. The molecule has 0 spiro atoms. The van der Waals surface area contributed by atoms with Gasteiger partial charge in [0.25, 0.3) is 0 Å². The van der Waals surface area contributed by atoms with E-state index in [4.69, 9.17) is 0 Å². The second kappa shape index (κ2) is 13.4. The maximum Gasteiger partial charge on any atom is 0.0713 e. The smallest absolute Gasteiger partial charge is 0.0713 e. The van der Waals surface area contributed by atoms with Crippen molar-refractivity contribution in [2.75, 3.05) is 4.90 Å². The summed E-state index contributed by atoms with van der Waals surface area (Å²) in [7, 11) is 0. The van der Waals surface area contributed by atoms with Crippen molar-refractivity contribution in [3.8, 4) is 22.3 Å². The van der Waals surface area contributed by atoms with Crippen LogP contribution in [0.25, 0.3) is 64.0 Å². The van der Waals surface area contributed by atoms with E-state index in [2.05, 4.69) is 229 Å². The highest BCUT2D eigenvalue weighted by Crippen LogP contribution is 2.56. The highest BCUT2D eigenvalue weighted by molar-refractivity contribution is 7.26. The minimum Gasteiger partial charge on any atom is -0.309 e. The predicted octanol–water partition coefficient (Wildman–Crippen LogP) is 15.9. The Morgan fingerprint density at radius 2 is 0.966 bits per heavy atom. The first-order valence-corrected chi connectivity index (χ1v) is 21.2. The summed E-state index contributed by atoms with van der Waals surface area (Å²) < 4.78 is 2.57. The Bertz CT molecular complexity index is 3350. The first kappa shape index (κ1) is 33.8. The molecule has 11 aromatic rings. The van der Waals surface area contributed by atoms with Crippen LogP contribution >= 0.6 is 11.3 Å². The van der Waals surface area contributed by atoms with Gasteiger partial charge in [0.2, 0.25) is 0 Å². The number of hydrogen-bond donors (Lipinski definition) is 0. The summed E-state index contributed by atoms with van der Waals surface area (Å²) >= 11 is 1.87. The molecule has 0 aliphatic heterocycles. The zero-order valence-electron chi connectivity index (χ0n) is 32.2. The normalized spacial score (nSPS) is 12.9. The zero-order valence-corrected chi connectivity index (χ0v) is 33.0. The van der Waals surface area contributed by atoms with Gasteiger partial charge in [0, 0.05) is 26.8 Å². The van der Waals surface area contributed by atoms with Crippen LogP contribution in [0.1, 0.15) is 22.3 Å². The Kier molecular flexibility index (Phi) is 7.69. The standard InChI is InChI=1S/C57H37NS/c1-2-17-40(18-3-1)57(52-27-9-6-21-48(52)49-22-7-10-28-53(49)57)41-32-34-42(35-33-41)58(54-29-14-26-51-50-23-8-11-30-55(50)59-56(51)54)43-19-12-16-39(37-43)45-24-13-25-46-44-20-5-4-15-38(44)31-36-47(45)46/h1-37H. The van der Waals surface area contributed by atoms with Gasteiger partial charge in [0.15, 0.2) is 0 Å². The van der Waals surface area contributed by atoms with Crippen molar-refractivity contribution in [3.63, 3.8) is 0 Å². The highest BCUT2D eigenvalue weighted by atomic mass is 32.1. The van der Waals surface area contributed by atoms with Crippen LogP contribution in [-0.4, -0.2) is 0 Å². The molecule has 59 heavy (non-hydrogen) atoms. The van der Waals surface area contributed by atoms with E-state index in [1.165, 1.54) is 91.9 Å². The molecule has 0 saturated heterocycles. The van der Waals surface area contributed by atoms with E-state index in [0.29, 0.717) is 0 Å². The van der Waals surface area contributed by atoms with Gasteiger partial charge in [-0.25, -0.2) is 0 Å². The minimum atomic E-state index is -0.457. The van der Waals surface area contributed by atoms with Gasteiger partial charge in [-0.15, -0.1) is 11.3 Å². The van der Waals surface area contributed by atoms with Gasteiger partial charge in [-0.05, 0) is 102 Å². The average Bonchev–Trinajstić information content (AvgIpc) is 3.84. The fourth-order valence-electron chi connectivity index (χ4n) is 10.0. The van der Waals surface area contributed by atoms with E-state index in [-0.39, 0.29) is 0 Å². The van der Waals surface area contributed by atoms with E-state index < -0.39 is 5.41 Å². The van der Waals surface area contributed by atoms with Crippen molar-refractivity contribution in [1.29, 1.82) is 0 Å². The summed E-state index contributed by atoms with van der Waals surface area (Å²) in [6.07, 6.45) is 0. The number of anilines is 3. The number of nitrogens with zero attached hydrogens (tertiary/aromatic N) is 1. The van der Waals surface area contributed by atoms with Crippen molar-refractivity contribution in [1.82, 2.24) is 0 Å². The van der Waals surface area contributed by atoms with E-state index in [0.717, 1.165) is 11.4 Å². The molecule has 0 atom stereocenters. The Labute approximate surface area is 347 Å². The molecule has 1 aliphatic rings. The van der Waals surface area contributed by atoms with Crippen LogP contribution in [0.5, 0.6) is 0 Å². The third-order valence-corrected chi connectivity index (χ3v) is 13.8. The molecule has 0 amide bonds. The molecule has 1 nitrogen and oxygen atoms in total. The second-order valence-corrected chi connectivity index (χ2v) is 16.6. The summed E-state index contributed by atoms with van der Waals surface area (Å²) in [5, 5.41) is 7.65. The van der Waals surface area contributed by atoms with E-state index in [1.54, 1.807) is 0 Å². The minimum absolute atomic E-state index is 0.457. The monoisotopic (exact) mass is 767 g/mol. The van der Waals surface area contributed by atoms with Gasteiger partial charge in [0.05, 0.1) is 15.8 Å². The molecular formula is C57H37NS. The van der Waals surface area contributed by atoms with Gasteiger partial charge >= 0.3 is 0 Å². The number of fused-ring (bicyclic) bond motifs is 9. The van der Waals surface area contributed by atoms with Crippen LogP contribution in [0.2, 0.25) is 0 Å². The lowest BCUT2D eigenvalue weighted by Crippen LogP contribution is -2.28. The maximum absolute atomic E-state index is 2.47. The largest absolute Gasteiger partial charge is 0.309 e. The van der Waals surface area contributed by atoms with E-state index in [9.17, 15) is 0 Å². The van der Waals surface area contributed by atoms with Crippen molar-refractivity contribution in [3.05, 3.63) is 247 Å². The van der Waals surface area contributed by atoms with E-state index in [1.807, 2.05) is 11.3 Å². The van der Waals surface area contributed by atoms with Crippen LogP contribution in [0.4, 0.5) is 17.1 Å². The van der Waals surface area contributed by atoms with Crippen LogP contribution in [-0.2, 0) is 5.41 Å². The lowest BCUT2D eigenvalue weighted by molar-refractivity contribution is 0.768. The third kappa shape index (κ3) is 5.10.